The molecule has 0 spiro atoms. The maximum atomic E-state index is 12.1. The Morgan fingerprint density at radius 2 is 1.48 bits per heavy atom. The SMILES string of the molecule is O=C(c1ccccc1)c1ccc(C#C[Se]C(F)(F)F)cc1. The predicted molar refractivity (Wildman–Crippen MR) is 75.0 cm³/mol. The molecule has 0 saturated carbocycles. The summed E-state index contributed by atoms with van der Waals surface area (Å²) in [5.41, 5.74) is 1.51. The van der Waals surface area contributed by atoms with Gasteiger partial charge in [0, 0.05) is 0 Å². The van der Waals surface area contributed by atoms with Gasteiger partial charge in [-0.3, -0.25) is 0 Å². The third-order valence-corrected chi connectivity index (χ3v) is 3.46. The van der Waals surface area contributed by atoms with Crippen LogP contribution in [0.2, 0.25) is 0 Å². The van der Waals surface area contributed by atoms with Gasteiger partial charge in [-0.2, -0.15) is 0 Å². The van der Waals surface area contributed by atoms with Crippen molar-refractivity contribution in [1.29, 1.82) is 0 Å². The molecule has 0 N–H and O–H groups in total. The molecular formula is C16H9F3OSe. The van der Waals surface area contributed by atoms with Crippen molar-refractivity contribution < 1.29 is 18.0 Å². The van der Waals surface area contributed by atoms with E-state index in [0.29, 0.717) is 16.7 Å². The summed E-state index contributed by atoms with van der Waals surface area (Å²) in [4.78, 5) is 14.2. The molecule has 0 aliphatic carbocycles. The van der Waals surface area contributed by atoms with Crippen molar-refractivity contribution in [3.63, 3.8) is 0 Å². The molecule has 0 atom stereocenters. The van der Waals surface area contributed by atoms with Crippen LogP contribution < -0.4 is 0 Å². The van der Waals surface area contributed by atoms with Crippen LogP contribution in [-0.2, 0) is 0 Å². The van der Waals surface area contributed by atoms with Crippen LogP contribution in [0.15, 0.2) is 54.6 Å². The number of benzene rings is 2. The van der Waals surface area contributed by atoms with E-state index in [1.54, 1.807) is 48.5 Å². The van der Waals surface area contributed by atoms with Gasteiger partial charge in [0.1, 0.15) is 0 Å². The standard InChI is InChI=1S/C16H9F3OSe/c17-16(18,19)21-11-10-12-6-8-14(9-7-12)15(20)13-4-2-1-3-5-13/h1-9H. The van der Waals surface area contributed by atoms with E-state index < -0.39 is 20.0 Å². The molecule has 2 aromatic carbocycles. The number of carbonyl (C=O) groups is 1. The van der Waals surface area contributed by atoms with Gasteiger partial charge in [-0.15, -0.1) is 0 Å². The van der Waals surface area contributed by atoms with E-state index in [0.717, 1.165) is 0 Å². The van der Waals surface area contributed by atoms with Crippen LogP contribution in [0.4, 0.5) is 13.2 Å². The van der Waals surface area contributed by atoms with Crippen molar-refractivity contribution in [1.82, 2.24) is 0 Å². The van der Waals surface area contributed by atoms with E-state index >= 15 is 0 Å². The van der Waals surface area contributed by atoms with E-state index in [2.05, 4.69) is 10.7 Å². The molecule has 0 radical (unpaired) electrons. The zero-order valence-corrected chi connectivity index (χ0v) is 12.4. The second-order valence-corrected chi connectivity index (χ2v) is 5.88. The van der Waals surface area contributed by atoms with Crippen LogP contribution in [0.3, 0.4) is 0 Å². The van der Waals surface area contributed by atoms with Crippen molar-refractivity contribution in [3.8, 4) is 10.7 Å². The third kappa shape index (κ3) is 4.78. The second kappa shape index (κ2) is 6.62. The summed E-state index contributed by atoms with van der Waals surface area (Å²) < 4.78 is 36.0. The Morgan fingerprint density at radius 3 is 2.05 bits per heavy atom. The molecule has 0 bridgehead atoms. The Hall–Kier alpha value is -2.02. The Balaban J connectivity index is 2.11. The molecule has 2 aromatic rings. The van der Waals surface area contributed by atoms with E-state index in [4.69, 9.17) is 0 Å². The van der Waals surface area contributed by atoms with Gasteiger partial charge >= 0.3 is 126 Å². The minimum absolute atomic E-state index is 0.130. The molecule has 0 aliphatic rings. The molecule has 0 amide bonds. The van der Waals surface area contributed by atoms with Gasteiger partial charge in [0.15, 0.2) is 0 Å². The second-order valence-electron chi connectivity index (χ2n) is 4.05. The Kier molecular flexibility index (Phi) is 4.85. The van der Waals surface area contributed by atoms with Gasteiger partial charge in [-0.1, -0.05) is 0 Å². The fourth-order valence-electron chi connectivity index (χ4n) is 1.60. The number of halogens is 3. The van der Waals surface area contributed by atoms with E-state index in [-0.39, 0.29) is 5.78 Å². The molecule has 21 heavy (non-hydrogen) atoms. The summed E-state index contributed by atoms with van der Waals surface area (Å²) in [6.45, 7) is 0. The van der Waals surface area contributed by atoms with Crippen LogP contribution in [0.25, 0.3) is 0 Å². The number of hydrogen-bond donors (Lipinski definition) is 0. The summed E-state index contributed by atoms with van der Waals surface area (Å²) >= 11 is -1.70. The molecule has 0 aliphatic heterocycles. The van der Waals surface area contributed by atoms with Gasteiger partial charge in [0.25, 0.3) is 0 Å². The number of rotatable bonds is 2. The van der Waals surface area contributed by atoms with Gasteiger partial charge in [0.05, 0.1) is 0 Å². The van der Waals surface area contributed by atoms with Crippen molar-refractivity contribution in [2.75, 3.05) is 0 Å². The summed E-state index contributed by atoms with van der Waals surface area (Å²) in [7, 11) is 0. The molecule has 0 aromatic heterocycles. The molecule has 0 unspecified atom stereocenters. The Bertz CT molecular complexity index is 679. The maximum absolute atomic E-state index is 12.1. The first-order valence-electron chi connectivity index (χ1n) is 5.91. The molecule has 106 valence electrons. The summed E-state index contributed by atoms with van der Waals surface area (Å²) in [5.74, 6) is 2.32. The molecule has 0 heterocycles. The molecule has 5 heteroatoms. The fraction of sp³-hybridized carbons (Fsp3) is 0.0625. The molecule has 2 rings (SSSR count). The molecule has 1 nitrogen and oxygen atoms in total. The summed E-state index contributed by atoms with van der Waals surface area (Å²) in [6.07, 6.45) is 0. The van der Waals surface area contributed by atoms with Crippen LogP contribution in [0.5, 0.6) is 0 Å². The van der Waals surface area contributed by atoms with Crippen molar-refractivity contribution in [3.05, 3.63) is 71.3 Å². The zero-order valence-electron chi connectivity index (χ0n) is 10.6. The Morgan fingerprint density at radius 1 is 0.905 bits per heavy atom. The fourth-order valence-corrected chi connectivity index (χ4v) is 2.20. The monoisotopic (exact) mass is 354 g/mol. The van der Waals surface area contributed by atoms with Gasteiger partial charge in [0.2, 0.25) is 0 Å². The van der Waals surface area contributed by atoms with Crippen molar-refractivity contribution in [2.24, 2.45) is 0 Å². The molecule has 0 saturated heterocycles. The molecular weight excluding hydrogens is 344 g/mol. The van der Waals surface area contributed by atoms with Crippen molar-refractivity contribution in [2.45, 2.75) is 5.07 Å². The third-order valence-electron chi connectivity index (χ3n) is 2.55. The van der Waals surface area contributed by atoms with E-state index in [9.17, 15) is 18.0 Å². The van der Waals surface area contributed by atoms with Gasteiger partial charge < -0.3 is 0 Å². The molecule has 0 fully saturated rings. The number of carbonyl (C=O) groups excluding carboxylic acids is 1. The van der Waals surface area contributed by atoms with Crippen LogP contribution in [0, 0.1) is 10.7 Å². The van der Waals surface area contributed by atoms with Crippen LogP contribution >= 0.6 is 0 Å². The average molecular weight is 353 g/mol. The van der Waals surface area contributed by atoms with Crippen LogP contribution in [0.1, 0.15) is 21.5 Å². The topological polar surface area (TPSA) is 17.1 Å². The Labute approximate surface area is 126 Å². The zero-order chi connectivity index (χ0) is 15.3. The minimum atomic E-state index is -4.22. The van der Waals surface area contributed by atoms with Gasteiger partial charge in [-0.05, 0) is 0 Å². The van der Waals surface area contributed by atoms with Gasteiger partial charge in [-0.25, -0.2) is 0 Å². The first kappa shape index (κ1) is 15.4. The first-order valence-corrected chi connectivity index (χ1v) is 7.62. The number of alkyl halides is 3. The van der Waals surface area contributed by atoms with Crippen molar-refractivity contribution >= 4 is 20.7 Å². The van der Waals surface area contributed by atoms with E-state index in [1.165, 1.54) is 0 Å². The van der Waals surface area contributed by atoms with E-state index in [1.807, 2.05) is 6.07 Å². The number of hydrogen-bond acceptors (Lipinski definition) is 1. The first-order chi connectivity index (χ1) is 9.96. The van der Waals surface area contributed by atoms with Crippen LogP contribution in [-0.4, -0.2) is 25.8 Å². The average Bonchev–Trinajstić information content (AvgIpc) is 2.47. The predicted octanol–water partition coefficient (Wildman–Crippen LogP) is 3.45. The quantitative estimate of drug-likeness (QED) is 0.459. The summed E-state index contributed by atoms with van der Waals surface area (Å²) in [5, 5.41) is -4.22. The summed E-state index contributed by atoms with van der Waals surface area (Å²) in [6, 6.07) is 15.0. The normalized spacial score (nSPS) is 10.6. The number of ketones is 1.